The summed E-state index contributed by atoms with van der Waals surface area (Å²) in [7, 11) is 1.65. The average Bonchev–Trinajstić information content (AvgIpc) is 3.44. The minimum Gasteiger partial charge on any atom is -0.496 e. The van der Waals surface area contributed by atoms with Crippen molar-refractivity contribution in [3.8, 4) is 17.0 Å². The second kappa shape index (κ2) is 9.64. The van der Waals surface area contributed by atoms with Crippen molar-refractivity contribution in [1.82, 2.24) is 4.98 Å². The monoisotopic (exact) mass is 440 g/mol. The number of aromatic nitrogens is 1. The van der Waals surface area contributed by atoms with Crippen molar-refractivity contribution in [2.75, 3.05) is 24.8 Å². The van der Waals surface area contributed by atoms with Gasteiger partial charge in [-0.15, -0.1) is 23.1 Å². The highest BCUT2D eigenvalue weighted by Crippen LogP contribution is 2.33. The number of rotatable bonds is 7. The van der Waals surface area contributed by atoms with Crippen LogP contribution in [0.5, 0.6) is 5.75 Å². The first-order valence-corrected chi connectivity index (χ1v) is 11.8. The number of thiazole rings is 1. The van der Waals surface area contributed by atoms with Gasteiger partial charge in [-0.2, -0.15) is 0 Å². The van der Waals surface area contributed by atoms with Crippen LogP contribution in [0.1, 0.15) is 28.8 Å². The first kappa shape index (κ1) is 20.9. The van der Waals surface area contributed by atoms with Crippen molar-refractivity contribution in [2.24, 2.45) is 0 Å². The third-order valence-corrected chi connectivity index (χ3v) is 6.90. The molecule has 2 aromatic carbocycles. The Morgan fingerprint density at radius 2 is 2.20 bits per heavy atom. The van der Waals surface area contributed by atoms with E-state index in [1.54, 1.807) is 18.9 Å². The predicted molar refractivity (Wildman–Crippen MR) is 123 cm³/mol. The molecule has 0 aliphatic carbocycles. The normalized spacial score (nSPS) is 15.9. The van der Waals surface area contributed by atoms with Gasteiger partial charge in [0, 0.05) is 28.2 Å². The fourth-order valence-corrected chi connectivity index (χ4v) is 5.20. The topological polar surface area (TPSA) is 60.5 Å². The molecule has 1 fully saturated rings. The molecule has 0 radical (unpaired) electrons. The number of ether oxygens (including phenoxy) is 2. The maximum atomic E-state index is 12.9. The summed E-state index contributed by atoms with van der Waals surface area (Å²) in [4.78, 5) is 18.5. The lowest BCUT2D eigenvalue weighted by molar-refractivity contribution is 0.102. The third kappa shape index (κ3) is 4.86. The van der Waals surface area contributed by atoms with E-state index in [1.807, 2.05) is 54.8 Å². The fraction of sp³-hybridized carbons (Fsp3) is 0.304. The van der Waals surface area contributed by atoms with Crippen LogP contribution in [-0.2, 0) is 4.74 Å². The van der Waals surface area contributed by atoms with E-state index in [9.17, 15) is 4.79 Å². The van der Waals surface area contributed by atoms with Gasteiger partial charge in [-0.3, -0.25) is 10.1 Å². The summed E-state index contributed by atoms with van der Waals surface area (Å²) in [6, 6.07) is 13.7. The van der Waals surface area contributed by atoms with E-state index in [4.69, 9.17) is 9.47 Å². The number of hydrogen-bond acceptors (Lipinski definition) is 6. The SMILES string of the molecule is COc1ccc(C)cc1-c1csc(NC(=O)c2ccccc2SCC2CCCO2)n1. The van der Waals surface area contributed by atoms with E-state index in [0.29, 0.717) is 10.7 Å². The number of nitrogens with one attached hydrogen (secondary N) is 1. The number of nitrogens with zero attached hydrogens (tertiary/aromatic N) is 1. The molecule has 1 N–H and O–H groups in total. The molecule has 2 heterocycles. The number of benzene rings is 2. The van der Waals surface area contributed by atoms with E-state index >= 15 is 0 Å². The molecule has 1 saturated heterocycles. The minimum absolute atomic E-state index is 0.150. The van der Waals surface area contributed by atoms with E-state index < -0.39 is 0 Å². The van der Waals surface area contributed by atoms with Crippen LogP contribution in [0.2, 0.25) is 0 Å². The lowest BCUT2D eigenvalue weighted by Gasteiger charge is -2.11. The van der Waals surface area contributed by atoms with Crippen LogP contribution < -0.4 is 10.1 Å². The van der Waals surface area contributed by atoms with Crippen molar-refractivity contribution in [3.05, 3.63) is 59.0 Å². The average molecular weight is 441 g/mol. The van der Waals surface area contributed by atoms with Gasteiger partial charge in [-0.1, -0.05) is 23.8 Å². The van der Waals surface area contributed by atoms with Gasteiger partial charge in [0.05, 0.1) is 24.5 Å². The molecule has 7 heteroatoms. The Labute approximate surface area is 184 Å². The second-order valence-corrected chi connectivity index (χ2v) is 9.06. The summed E-state index contributed by atoms with van der Waals surface area (Å²) in [5.41, 5.74) is 3.49. The summed E-state index contributed by atoms with van der Waals surface area (Å²) in [6.45, 7) is 2.87. The molecule has 30 heavy (non-hydrogen) atoms. The van der Waals surface area contributed by atoms with Gasteiger partial charge in [0.15, 0.2) is 5.13 Å². The Morgan fingerprint density at radius 3 is 3.00 bits per heavy atom. The molecular formula is C23H24N2O3S2. The molecule has 1 unspecified atom stereocenters. The van der Waals surface area contributed by atoms with Gasteiger partial charge in [0.2, 0.25) is 0 Å². The minimum atomic E-state index is -0.150. The van der Waals surface area contributed by atoms with Crippen molar-refractivity contribution < 1.29 is 14.3 Å². The van der Waals surface area contributed by atoms with E-state index in [2.05, 4.69) is 10.3 Å². The third-order valence-electron chi connectivity index (χ3n) is 4.94. The van der Waals surface area contributed by atoms with Gasteiger partial charge in [-0.05, 0) is 44.0 Å². The molecule has 1 aliphatic heterocycles. The highest BCUT2D eigenvalue weighted by atomic mass is 32.2. The summed E-state index contributed by atoms with van der Waals surface area (Å²) in [5, 5.41) is 5.45. The number of methoxy groups -OCH3 is 1. The van der Waals surface area contributed by atoms with Gasteiger partial charge < -0.3 is 9.47 Å². The molecule has 5 nitrogen and oxygen atoms in total. The van der Waals surface area contributed by atoms with Crippen LogP contribution in [-0.4, -0.2) is 36.5 Å². The molecule has 0 spiro atoms. The highest BCUT2D eigenvalue weighted by molar-refractivity contribution is 7.99. The van der Waals surface area contributed by atoms with Crippen molar-refractivity contribution in [1.29, 1.82) is 0 Å². The quantitative estimate of drug-likeness (QED) is 0.481. The number of carbonyl (C=O) groups is 1. The van der Waals surface area contributed by atoms with Crippen LogP contribution in [0.15, 0.2) is 52.7 Å². The van der Waals surface area contributed by atoms with Crippen LogP contribution >= 0.6 is 23.1 Å². The summed E-state index contributed by atoms with van der Waals surface area (Å²) < 4.78 is 11.2. The standard InChI is InChI=1S/C23H24N2O3S2/c1-15-9-10-20(27-2)18(12-15)19-14-30-23(24-19)25-22(26)17-7-3-4-8-21(17)29-13-16-6-5-11-28-16/h3-4,7-10,12,14,16H,5-6,11,13H2,1-2H3,(H,24,25,26). The largest absolute Gasteiger partial charge is 0.496 e. The van der Waals surface area contributed by atoms with E-state index in [0.717, 1.165) is 52.7 Å². The number of aryl methyl sites for hydroxylation is 1. The van der Waals surface area contributed by atoms with Gasteiger partial charge in [0.25, 0.3) is 5.91 Å². The summed E-state index contributed by atoms with van der Waals surface area (Å²) in [5.74, 6) is 1.47. The first-order chi connectivity index (χ1) is 14.6. The van der Waals surface area contributed by atoms with Crippen molar-refractivity contribution in [2.45, 2.75) is 30.8 Å². The Balaban J connectivity index is 1.48. The Hall–Kier alpha value is -2.35. The van der Waals surface area contributed by atoms with Gasteiger partial charge >= 0.3 is 0 Å². The summed E-state index contributed by atoms with van der Waals surface area (Å²) >= 11 is 3.08. The maximum absolute atomic E-state index is 12.9. The molecule has 4 rings (SSSR count). The van der Waals surface area contributed by atoms with Crippen LogP contribution in [0.4, 0.5) is 5.13 Å². The zero-order valence-corrected chi connectivity index (χ0v) is 18.6. The molecule has 1 aliphatic rings. The number of amides is 1. The van der Waals surface area contributed by atoms with Gasteiger partial charge in [-0.25, -0.2) is 4.98 Å². The highest BCUT2D eigenvalue weighted by Gasteiger charge is 2.19. The zero-order chi connectivity index (χ0) is 20.9. The van der Waals surface area contributed by atoms with E-state index in [1.165, 1.54) is 11.3 Å². The van der Waals surface area contributed by atoms with Crippen LogP contribution in [0.3, 0.4) is 0 Å². The molecule has 156 valence electrons. The molecule has 0 bridgehead atoms. The number of thioether (sulfide) groups is 1. The second-order valence-electron chi connectivity index (χ2n) is 7.14. The molecule has 0 saturated carbocycles. The van der Waals surface area contributed by atoms with Crippen molar-refractivity contribution in [3.63, 3.8) is 0 Å². The van der Waals surface area contributed by atoms with Crippen LogP contribution in [0.25, 0.3) is 11.3 Å². The van der Waals surface area contributed by atoms with Gasteiger partial charge in [0.1, 0.15) is 5.75 Å². The number of hydrogen-bond donors (Lipinski definition) is 1. The molecule has 3 aromatic rings. The predicted octanol–water partition coefficient (Wildman–Crippen LogP) is 5.65. The number of anilines is 1. The van der Waals surface area contributed by atoms with E-state index in [-0.39, 0.29) is 12.0 Å². The maximum Gasteiger partial charge on any atom is 0.258 e. The van der Waals surface area contributed by atoms with Crippen LogP contribution in [0, 0.1) is 6.92 Å². The Morgan fingerprint density at radius 1 is 1.33 bits per heavy atom. The summed E-state index contributed by atoms with van der Waals surface area (Å²) in [6.07, 6.45) is 2.48. The Kier molecular flexibility index (Phi) is 6.72. The first-order valence-electron chi connectivity index (χ1n) is 9.89. The Bertz CT molecular complexity index is 1030. The zero-order valence-electron chi connectivity index (χ0n) is 17.0. The fourth-order valence-electron chi connectivity index (χ4n) is 3.38. The lowest BCUT2D eigenvalue weighted by atomic mass is 10.1. The number of carbonyl (C=O) groups excluding carboxylic acids is 1. The van der Waals surface area contributed by atoms with Crippen molar-refractivity contribution >= 4 is 34.1 Å². The molecule has 1 atom stereocenters. The lowest BCUT2D eigenvalue weighted by Crippen LogP contribution is -2.14. The molecule has 1 aromatic heterocycles. The molecule has 1 amide bonds. The molecular weight excluding hydrogens is 416 g/mol. The smallest absolute Gasteiger partial charge is 0.258 e.